The maximum Gasteiger partial charge on any atom is 0.272 e. The lowest BCUT2D eigenvalue weighted by atomic mass is 10.0. The monoisotopic (exact) mass is 715 g/mol. The number of amides is 4. The van der Waals surface area contributed by atoms with Crippen LogP contribution in [0.4, 0.5) is 15.1 Å². The molecule has 0 bridgehead atoms. The Hall–Kier alpha value is -4.96. The van der Waals surface area contributed by atoms with Crippen molar-refractivity contribution in [2.24, 2.45) is 0 Å². The van der Waals surface area contributed by atoms with Crippen LogP contribution in [-0.4, -0.2) is 40.3 Å². The van der Waals surface area contributed by atoms with Crippen LogP contribution in [0.1, 0.15) is 52.2 Å². The van der Waals surface area contributed by atoms with Gasteiger partial charge in [-0.05, 0) is 66.9 Å². The number of nitrogens with one attached hydrogen (secondary N) is 3. The SMILES string of the molecule is CCC(Sc1cccc(NC(=O)/C(=C\c2c(F)cccc2Cl)NC(=O)c2ccccc2)c1)C(=O)Nc1sc2c(c1C#N)CCN(C(C)=O)C2. The molecule has 250 valence electrons. The minimum atomic E-state index is -0.718. The van der Waals surface area contributed by atoms with E-state index in [4.69, 9.17) is 11.6 Å². The third-order valence-electron chi connectivity index (χ3n) is 7.70. The molecule has 1 aromatic heterocycles. The van der Waals surface area contributed by atoms with Gasteiger partial charge >= 0.3 is 0 Å². The summed E-state index contributed by atoms with van der Waals surface area (Å²) < 4.78 is 14.7. The molecular weight excluding hydrogens is 685 g/mol. The van der Waals surface area contributed by atoms with Crippen LogP contribution in [-0.2, 0) is 27.3 Å². The molecule has 2 heterocycles. The number of hydrogen-bond acceptors (Lipinski definition) is 7. The molecule has 4 aromatic rings. The van der Waals surface area contributed by atoms with Crippen molar-refractivity contribution < 1.29 is 23.6 Å². The van der Waals surface area contributed by atoms with Crippen LogP contribution < -0.4 is 16.0 Å². The Morgan fingerprint density at radius 2 is 1.84 bits per heavy atom. The van der Waals surface area contributed by atoms with E-state index in [0.29, 0.717) is 52.6 Å². The molecule has 0 saturated carbocycles. The molecule has 4 amide bonds. The Morgan fingerprint density at radius 3 is 2.53 bits per heavy atom. The molecule has 1 aliphatic rings. The van der Waals surface area contributed by atoms with Crippen LogP contribution >= 0.6 is 34.7 Å². The first-order valence-electron chi connectivity index (χ1n) is 15.3. The van der Waals surface area contributed by atoms with E-state index in [-0.39, 0.29) is 28.1 Å². The number of thioether (sulfide) groups is 1. The van der Waals surface area contributed by atoms with Crippen molar-refractivity contribution >= 4 is 75.1 Å². The van der Waals surface area contributed by atoms with E-state index in [1.165, 1.54) is 54.3 Å². The van der Waals surface area contributed by atoms with Gasteiger partial charge in [0.1, 0.15) is 22.6 Å². The number of hydrogen-bond donors (Lipinski definition) is 3. The average molecular weight is 716 g/mol. The Bertz CT molecular complexity index is 1970. The highest BCUT2D eigenvalue weighted by atomic mass is 35.5. The first kappa shape index (κ1) is 35.3. The summed E-state index contributed by atoms with van der Waals surface area (Å²) in [5.74, 6) is -2.28. The van der Waals surface area contributed by atoms with Gasteiger partial charge in [-0.3, -0.25) is 19.2 Å². The normalized spacial score (nSPS) is 13.1. The van der Waals surface area contributed by atoms with Gasteiger partial charge in [-0.15, -0.1) is 23.1 Å². The van der Waals surface area contributed by atoms with Crippen LogP contribution in [0, 0.1) is 17.1 Å². The van der Waals surface area contributed by atoms with Crippen molar-refractivity contribution in [3.63, 3.8) is 0 Å². The average Bonchev–Trinajstić information content (AvgIpc) is 3.44. The second-order valence-electron chi connectivity index (χ2n) is 11.0. The van der Waals surface area contributed by atoms with Gasteiger partial charge in [-0.25, -0.2) is 4.39 Å². The lowest BCUT2D eigenvalue weighted by Crippen LogP contribution is -2.33. The number of fused-ring (bicyclic) bond motifs is 1. The molecule has 0 fully saturated rings. The van der Waals surface area contributed by atoms with E-state index in [1.54, 1.807) is 59.5 Å². The molecular formula is C36H31ClFN5O4S2. The molecule has 0 spiro atoms. The predicted molar refractivity (Wildman–Crippen MR) is 191 cm³/mol. The van der Waals surface area contributed by atoms with E-state index in [9.17, 15) is 28.8 Å². The van der Waals surface area contributed by atoms with Crippen LogP contribution in [0.5, 0.6) is 0 Å². The first-order chi connectivity index (χ1) is 23.6. The number of carbonyl (C=O) groups excluding carboxylic acids is 4. The summed E-state index contributed by atoms with van der Waals surface area (Å²) in [6, 6.07) is 21.4. The molecule has 3 aromatic carbocycles. The fourth-order valence-electron chi connectivity index (χ4n) is 5.14. The third kappa shape index (κ3) is 8.56. The van der Waals surface area contributed by atoms with Gasteiger partial charge in [-0.2, -0.15) is 5.26 Å². The summed E-state index contributed by atoms with van der Waals surface area (Å²) in [7, 11) is 0. The van der Waals surface area contributed by atoms with Crippen molar-refractivity contribution in [2.45, 2.75) is 43.4 Å². The summed E-state index contributed by atoms with van der Waals surface area (Å²) in [4.78, 5) is 55.1. The Balaban J connectivity index is 1.32. The zero-order valence-corrected chi connectivity index (χ0v) is 28.9. The van der Waals surface area contributed by atoms with E-state index in [2.05, 4.69) is 22.0 Å². The van der Waals surface area contributed by atoms with Gasteiger partial charge < -0.3 is 20.9 Å². The third-order valence-corrected chi connectivity index (χ3v) is 10.5. The molecule has 49 heavy (non-hydrogen) atoms. The number of halogens is 2. The van der Waals surface area contributed by atoms with Crippen LogP contribution in [0.15, 0.2) is 83.4 Å². The summed E-state index contributed by atoms with van der Waals surface area (Å²) in [6.07, 6.45) is 2.20. The zero-order chi connectivity index (χ0) is 35.1. The standard InChI is InChI=1S/C36H31ClFN5O4S2/c1-3-31(35(47)42-36-27(19-39)25-15-16-43(21(2)44)20-32(25)49-36)48-24-12-7-11-23(17-24)40-34(46)30(18-26-28(37)13-8-14-29(26)38)41-33(45)22-9-5-4-6-10-22/h4-14,17-18,31H,3,15-16,20H2,1-2H3,(H,40,46)(H,41,45)(H,42,47)/b30-18+. The molecule has 13 heteroatoms. The smallest absolute Gasteiger partial charge is 0.272 e. The van der Waals surface area contributed by atoms with Crippen LogP contribution in [0.25, 0.3) is 6.08 Å². The van der Waals surface area contributed by atoms with E-state index in [0.717, 1.165) is 10.4 Å². The molecule has 0 aliphatic carbocycles. The van der Waals surface area contributed by atoms with Gasteiger partial charge in [0.25, 0.3) is 11.8 Å². The maximum atomic E-state index is 14.7. The zero-order valence-electron chi connectivity index (χ0n) is 26.5. The van der Waals surface area contributed by atoms with Crippen LogP contribution in [0.3, 0.4) is 0 Å². The van der Waals surface area contributed by atoms with Gasteiger partial charge in [0, 0.05) is 40.1 Å². The van der Waals surface area contributed by atoms with E-state index in [1.807, 2.05) is 6.92 Å². The summed E-state index contributed by atoms with van der Waals surface area (Å²) in [5.41, 5.74) is 1.67. The van der Waals surface area contributed by atoms with E-state index < -0.39 is 22.9 Å². The number of benzene rings is 3. The summed E-state index contributed by atoms with van der Waals surface area (Å²) in [5, 5.41) is 18.1. The fraction of sp³-hybridized carbons (Fsp3) is 0.194. The quantitative estimate of drug-likeness (QED) is 0.117. The maximum absolute atomic E-state index is 14.7. The van der Waals surface area contributed by atoms with Crippen molar-refractivity contribution in [3.8, 4) is 6.07 Å². The second kappa shape index (κ2) is 16.0. The van der Waals surface area contributed by atoms with Gasteiger partial charge in [0.05, 0.1) is 22.4 Å². The Labute approximate surface area is 296 Å². The lowest BCUT2D eigenvalue weighted by Gasteiger charge is -2.25. The minimum Gasteiger partial charge on any atom is -0.337 e. The Morgan fingerprint density at radius 1 is 1.08 bits per heavy atom. The molecule has 1 unspecified atom stereocenters. The number of thiophene rings is 1. The minimum absolute atomic E-state index is 0.0392. The van der Waals surface area contributed by atoms with Gasteiger partial charge in [0.2, 0.25) is 11.8 Å². The molecule has 0 radical (unpaired) electrons. The van der Waals surface area contributed by atoms with Crippen molar-refractivity contribution in [3.05, 3.63) is 116 Å². The number of carbonyl (C=O) groups is 4. The van der Waals surface area contributed by atoms with Crippen molar-refractivity contribution in [1.82, 2.24) is 10.2 Å². The number of rotatable bonds is 10. The first-order valence-corrected chi connectivity index (χ1v) is 17.4. The van der Waals surface area contributed by atoms with Gasteiger partial charge in [0.15, 0.2) is 0 Å². The summed E-state index contributed by atoms with van der Waals surface area (Å²) in [6.45, 7) is 4.31. The number of nitriles is 1. The van der Waals surface area contributed by atoms with E-state index >= 15 is 0 Å². The molecule has 0 saturated heterocycles. The van der Waals surface area contributed by atoms with Crippen molar-refractivity contribution in [2.75, 3.05) is 17.2 Å². The fourth-order valence-corrected chi connectivity index (χ4v) is 7.59. The van der Waals surface area contributed by atoms with Gasteiger partial charge in [-0.1, -0.05) is 48.9 Å². The molecule has 1 aliphatic heterocycles. The summed E-state index contributed by atoms with van der Waals surface area (Å²) >= 11 is 8.82. The number of anilines is 2. The second-order valence-corrected chi connectivity index (χ2v) is 13.8. The molecule has 9 nitrogen and oxygen atoms in total. The Kier molecular flexibility index (Phi) is 11.5. The van der Waals surface area contributed by atoms with Crippen LogP contribution in [0.2, 0.25) is 5.02 Å². The van der Waals surface area contributed by atoms with Crippen molar-refractivity contribution in [1.29, 1.82) is 5.26 Å². The predicted octanol–water partition coefficient (Wildman–Crippen LogP) is 7.24. The molecule has 1 atom stereocenters. The lowest BCUT2D eigenvalue weighted by molar-refractivity contribution is -0.129. The highest BCUT2D eigenvalue weighted by Gasteiger charge is 2.28. The molecule has 3 N–H and O–H groups in total. The molecule has 5 rings (SSSR count). The highest BCUT2D eigenvalue weighted by Crippen LogP contribution is 2.38. The number of nitrogens with zero attached hydrogens (tertiary/aromatic N) is 2. The topological polar surface area (TPSA) is 131 Å². The highest BCUT2D eigenvalue weighted by molar-refractivity contribution is 8.00. The largest absolute Gasteiger partial charge is 0.337 e.